The zero-order chi connectivity index (χ0) is 15.4. The van der Waals surface area contributed by atoms with Crippen LogP contribution in [-0.4, -0.2) is 36.0 Å². The molecule has 0 saturated heterocycles. The minimum atomic E-state index is 0.562. The highest BCUT2D eigenvalue weighted by molar-refractivity contribution is 5.74. The molecule has 0 spiro atoms. The monoisotopic (exact) mass is 287 g/mol. The standard InChI is InChI=1S/C16H21N3O2/c1-6-20-16-15(12(3)10-17-18-16)14-8-7-13(9-11(14)2)21-19(4)5/h7-10H,6H2,1-5H3. The number of hydroxylamine groups is 2. The van der Waals surface area contributed by atoms with Crippen molar-refractivity contribution in [1.82, 2.24) is 15.3 Å². The largest absolute Gasteiger partial charge is 0.476 e. The maximum atomic E-state index is 5.61. The molecule has 5 heteroatoms. The lowest BCUT2D eigenvalue weighted by Gasteiger charge is -2.16. The molecule has 0 aliphatic heterocycles. The number of rotatable bonds is 5. The van der Waals surface area contributed by atoms with E-state index in [1.807, 2.05) is 53.1 Å². The molecule has 2 aromatic rings. The first kappa shape index (κ1) is 15.3. The minimum absolute atomic E-state index is 0.562. The van der Waals surface area contributed by atoms with Gasteiger partial charge in [0.15, 0.2) is 0 Å². The summed E-state index contributed by atoms with van der Waals surface area (Å²) in [6, 6.07) is 5.98. The number of benzene rings is 1. The van der Waals surface area contributed by atoms with E-state index in [0.717, 1.165) is 28.0 Å². The van der Waals surface area contributed by atoms with Gasteiger partial charge in [0.05, 0.1) is 18.4 Å². The van der Waals surface area contributed by atoms with E-state index in [2.05, 4.69) is 10.2 Å². The zero-order valence-electron chi connectivity index (χ0n) is 13.2. The molecule has 112 valence electrons. The summed E-state index contributed by atoms with van der Waals surface area (Å²) >= 11 is 0. The summed E-state index contributed by atoms with van der Waals surface area (Å²) in [5, 5.41) is 9.74. The van der Waals surface area contributed by atoms with Gasteiger partial charge in [-0.2, -0.15) is 10.2 Å². The summed E-state index contributed by atoms with van der Waals surface area (Å²) in [5.74, 6) is 1.38. The Bertz CT molecular complexity index is 627. The van der Waals surface area contributed by atoms with Gasteiger partial charge in [0.1, 0.15) is 5.75 Å². The Morgan fingerprint density at radius 2 is 1.90 bits per heavy atom. The van der Waals surface area contributed by atoms with Crippen molar-refractivity contribution in [3.63, 3.8) is 0 Å². The van der Waals surface area contributed by atoms with Gasteiger partial charge in [-0.15, -0.1) is 5.10 Å². The van der Waals surface area contributed by atoms with Crippen LogP contribution in [0.2, 0.25) is 0 Å². The quantitative estimate of drug-likeness (QED) is 0.791. The van der Waals surface area contributed by atoms with E-state index >= 15 is 0 Å². The number of hydrogen-bond donors (Lipinski definition) is 0. The van der Waals surface area contributed by atoms with Crippen molar-refractivity contribution in [2.24, 2.45) is 0 Å². The van der Waals surface area contributed by atoms with Gasteiger partial charge < -0.3 is 9.57 Å². The molecule has 1 heterocycles. The molecule has 0 unspecified atom stereocenters. The predicted molar refractivity (Wildman–Crippen MR) is 82.4 cm³/mol. The smallest absolute Gasteiger partial charge is 0.241 e. The molecule has 0 saturated carbocycles. The lowest BCUT2D eigenvalue weighted by molar-refractivity contribution is -0.00329. The van der Waals surface area contributed by atoms with Gasteiger partial charge >= 0.3 is 0 Å². The van der Waals surface area contributed by atoms with Gasteiger partial charge in [-0.1, -0.05) is 6.07 Å². The van der Waals surface area contributed by atoms with Crippen molar-refractivity contribution in [3.8, 4) is 22.8 Å². The van der Waals surface area contributed by atoms with Crippen LogP contribution in [0.1, 0.15) is 18.1 Å². The van der Waals surface area contributed by atoms with Gasteiger partial charge in [-0.05, 0) is 49.6 Å². The van der Waals surface area contributed by atoms with Crippen LogP contribution in [0.25, 0.3) is 11.1 Å². The van der Waals surface area contributed by atoms with E-state index in [1.165, 1.54) is 0 Å². The lowest BCUT2D eigenvalue weighted by Crippen LogP contribution is -2.16. The van der Waals surface area contributed by atoms with Crippen LogP contribution in [0.4, 0.5) is 0 Å². The molecule has 0 radical (unpaired) electrons. The molecule has 0 atom stereocenters. The molecule has 0 fully saturated rings. The second kappa shape index (κ2) is 6.54. The number of hydrogen-bond acceptors (Lipinski definition) is 5. The third-order valence-corrected chi connectivity index (χ3v) is 3.04. The van der Waals surface area contributed by atoms with Crippen molar-refractivity contribution in [2.45, 2.75) is 20.8 Å². The van der Waals surface area contributed by atoms with E-state index in [1.54, 1.807) is 11.3 Å². The van der Waals surface area contributed by atoms with Crippen LogP contribution in [-0.2, 0) is 0 Å². The van der Waals surface area contributed by atoms with Crippen molar-refractivity contribution in [2.75, 3.05) is 20.7 Å². The Kier molecular flexibility index (Phi) is 4.75. The highest BCUT2D eigenvalue weighted by Gasteiger charge is 2.14. The fraction of sp³-hybridized carbons (Fsp3) is 0.375. The Morgan fingerprint density at radius 1 is 1.14 bits per heavy atom. The van der Waals surface area contributed by atoms with Gasteiger partial charge in [0.2, 0.25) is 5.88 Å². The summed E-state index contributed by atoms with van der Waals surface area (Å²) < 4.78 is 5.61. The van der Waals surface area contributed by atoms with Crippen molar-refractivity contribution >= 4 is 0 Å². The summed E-state index contributed by atoms with van der Waals surface area (Å²) in [4.78, 5) is 5.57. The Morgan fingerprint density at radius 3 is 2.52 bits per heavy atom. The fourth-order valence-corrected chi connectivity index (χ4v) is 2.20. The van der Waals surface area contributed by atoms with Crippen LogP contribution in [0.3, 0.4) is 0 Å². The Hall–Kier alpha value is -2.14. The van der Waals surface area contributed by atoms with Crippen LogP contribution >= 0.6 is 0 Å². The third kappa shape index (κ3) is 3.49. The number of nitrogens with zero attached hydrogens (tertiary/aromatic N) is 3. The van der Waals surface area contributed by atoms with Crippen molar-refractivity contribution < 1.29 is 9.57 Å². The first-order chi connectivity index (χ1) is 10.0. The summed E-state index contributed by atoms with van der Waals surface area (Å²) in [7, 11) is 3.71. The average molecular weight is 287 g/mol. The summed E-state index contributed by atoms with van der Waals surface area (Å²) in [5.41, 5.74) is 4.21. The molecule has 2 rings (SSSR count). The van der Waals surface area contributed by atoms with E-state index in [4.69, 9.17) is 9.57 Å². The number of ether oxygens (including phenoxy) is 1. The second-order valence-corrected chi connectivity index (χ2v) is 5.02. The van der Waals surface area contributed by atoms with E-state index in [9.17, 15) is 0 Å². The molecule has 1 aromatic heterocycles. The second-order valence-electron chi connectivity index (χ2n) is 5.02. The number of aromatic nitrogens is 2. The van der Waals surface area contributed by atoms with E-state index < -0.39 is 0 Å². The normalized spacial score (nSPS) is 10.8. The van der Waals surface area contributed by atoms with Crippen molar-refractivity contribution in [3.05, 3.63) is 35.5 Å². The molecule has 0 N–H and O–H groups in total. The average Bonchev–Trinajstić information content (AvgIpc) is 2.40. The maximum Gasteiger partial charge on any atom is 0.241 e. The molecular weight excluding hydrogens is 266 g/mol. The molecule has 5 nitrogen and oxygen atoms in total. The Labute approximate surface area is 125 Å². The number of aryl methyl sites for hydroxylation is 2. The predicted octanol–water partition coefficient (Wildman–Crippen LogP) is 3.01. The molecular formula is C16H21N3O2. The van der Waals surface area contributed by atoms with Gasteiger partial charge in [-0.3, -0.25) is 0 Å². The Balaban J connectivity index is 2.47. The van der Waals surface area contributed by atoms with Gasteiger partial charge in [0, 0.05) is 14.1 Å². The van der Waals surface area contributed by atoms with Crippen molar-refractivity contribution in [1.29, 1.82) is 0 Å². The SMILES string of the molecule is CCOc1nncc(C)c1-c1ccc(ON(C)C)cc1C. The van der Waals surface area contributed by atoms with Crippen LogP contribution in [0.5, 0.6) is 11.6 Å². The summed E-state index contributed by atoms with van der Waals surface area (Å²) in [6.45, 7) is 6.56. The van der Waals surface area contributed by atoms with Crippen LogP contribution in [0.15, 0.2) is 24.4 Å². The maximum absolute atomic E-state index is 5.61. The zero-order valence-corrected chi connectivity index (χ0v) is 13.2. The van der Waals surface area contributed by atoms with E-state index in [-0.39, 0.29) is 0 Å². The van der Waals surface area contributed by atoms with Crippen LogP contribution < -0.4 is 9.57 Å². The molecule has 0 aliphatic rings. The molecule has 0 bridgehead atoms. The highest BCUT2D eigenvalue weighted by atomic mass is 16.7. The van der Waals surface area contributed by atoms with Crippen LogP contribution in [0, 0.1) is 13.8 Å². The van der Waals surface area contributed by atoms with Gasteiger partial charge in [0.25, 0.3) is 0 Å². The minimum Gasteiger partial charge on any atom is -0.476 e. The first-order valence-corrected chi connectivity index (χ1v) is 6.94. The van der Waals surface area contributed by atoms with E-state index in [0.29, 0.717) is 12.5 Å². The lowest BCUT2D eigenvalue weighted by atomic mass is 9.98. The molecule has 1 aromatic carbocycles. The fourth-order valence-electron chi connectivity index (χ4n) is 2.20. The highest BCUT2D eigenvalue weighted by Crippen LogP contribution is 2.34. The molecule has 21 heavy (non-hydrogen) atoms. The third-order valence-electron chi connectivity index (χ3n) is 3.04. The topological polar surface area (TPSA) is 47.5 Å². The van der Waals surface area contributed by atoms with Gasteiger partial charge in [-0.25, -0.2) is 0 Å². The molecule has 0 aliphatic carbocycles. The summed E-state index contributed by atoms with van der Waals surface area (Å²) in [6.07, 6.45) is 1.75. The molecule has 0 amide bonds. The first-order valence-electron chi connectivity index (χ1n) is 6.94.